The molecule has 0 saturated carbocycles. The van der Waals surface area contributed by atoms with Crippen LogP contribution < -0.4 is 0 Å². The van der Waals surface area contributed by atoms with Crippen LogP contribution in [0.5, 0.6) is 0 Å². The number of esters is 1. The molecule has 0 aromatic rings. The topological polar surface area (TPSA) is 26.3 Å². The summed E-state index contributed by atoms with van der Waals surface area (Å²) in [4.78, 5) is 12.6. The van der Waals surface area contributed by atoms with Gasteiger partial charge in [-0.1, -0.05) is 168 Å². The van der Waals surface area contributed by atoms with E-state index in [9.17, 15) is 4.79 Å². The molecule has 0 aromatic carbocycles. The Kier molecular flexibility index (Phi) is 33.7. The molecular formula is C38H74O2. The number of rotatable bonds is 33. The minimum Gasteiger partial charge on any atom is -0.462 e. The molecule has 0 aliphatic rings. The molecule has 0 aromatic heterocycles. The van der Waals surface area contributed by atoms with E-state index in [4.69, 9.17) is 4.74 Å². The van der Waals surface area contributed by atoms with E-state index in [0.29, 0.717) is 6.42 Å². The summed E-state index contributed by atoms with van der Waals surface area (Å²) in [7, 11) is 0. The van der Waals surface area contributed by atoms with Gasteiger partial charge >= 0.3 is 5.97 Å². The highest BCUT2D eigenvalue weighted by Gasteiger charge is 2.14. The van der Waals surface area contributed by atoms with Crippen LogP contribution in [0.4, 0.5) is 0 Å². The SMILES string of the molecule is CCCCCCCC/C=C\CCCCCCCC(=O)OC(CCCCCCCC)CCCCCCCCCCC. The van der Waals surface area contributed by atoms with Crippen LogP contribution in [0.2, 0.25) is 0 Å². The van der Waals surface area contributed by atoms with E-state index in [1.54, 1.807) is 0 Å². The molecule has 0 heterocycles. The van der Waals surface area contributed by atoms with Gasteiger partial charge in [0.1, 0.15) is 6.10 Å². The van der Waals surface area contributed by atoms with Crippen molar-refractivity contribution in [3.05, 3.63) is 12.2 Å². The summed E-state index contributed by atoms with van der Waals surface area (Å²) in [5, 5.41) is 0. The number of hydrogen-bond acceptors (Lipinski definition) is 2. The second kappa shape index (κ2) is 34.4. The van der Waals surface area contributed by atoms with Gasteiger partial charge in [0.15, 0.2) is 0 Å². The lowest BCUT2D eigenvalue weighted by Gasteiger charge is -2.18. The van der Waals surface area contributed by atoms with Crippen molar-refractivity contribution in [2.24, 2.45) is 0 Å². The summed E-state index contributed by atoms with van der Waals surface area (Å²) in [6.45, 7) is 6.84. The number of hydrogen-bond donors (Lipinski definition) is 0. The minimum absolute atomic E-state index is 0.0598. The molecule has 2 heteroatoms. The third-order valence-corrected chi connectivity index (χ3v) is 8.45. The average Bonchev–Trinajstić information content (AvgIpc) is 2.95. The lowest BCUT2D eigenvalue weighted by molar-refractivity contribution is -0.150. The minimum atomic E-state index is 0.0598. The summed E-state index contributed by atoms with van der Waals surface area (Å²) < 4.78 is 6.02. The highest BCUT2D eigenvalue weighted by atomic mass is 16.5. The van der Waals surface area contributed by atoms with Gasteiger partial charge in [0.2, 0.25) is 0 Å². The zero-order valence-corrected chi connectivity index (χ0v) is 28.0. The lowest BCUT2D eigenvalue weighted by Crippen LogP contribution is -2.18. The molecule has 0 spiro atoms. The number of carbonyl (C=O) groups excluding carboxylic acids is 1. The van der Waals surface area contributed by atoms with Crippen molar-refractivity contribution in [1.82, 2.24) is 0 Å². The summed E-state index contributed by atoms with van der Waals surface area (Å²) in [5.41, 5.74) is 0. The third-order valence-electron chi connectivity index (χ3n) is 8.45. The molecule has 0 fully saturated rings. The molecule has 0 rings (SSSR count). The van der Waals surface area contributed by atoms with E-state index >= 15 is 0 Å². The van der Waals surface area contributed by atoms with Crippen molar-refractivity contribution in [3.8, 4) is 0 Å². The van der Waals surface area contributed by atoms with Gasteiger partial charge in [-0.25, -0.2) is 0 Å². The van der Waals surface area contributed by atoms with Crippen molar-refractivity contribution < 1.29 is 9.53 Å². The van der Waals surface area contributed by atoms with Crippen molar-refractivity contribution >= 4 is 5.97 Å². The Hall–Kier alpha value is -0.790. The van der Waals surface area contributed by atoms with Crippen molar-refractivity contribution in [2.75, 3.05) is 0 Å². The first-order valence-electron chi connectivity index (χ1n) is 18.6. The molecule has 0 saturated heterocycles. The van der Waals surface area contributed by atoms with Gasteiger partial charge < -0.3 is 4.74 Å². The van der Waals surface area contributed by atoms with E-state index in [0.717, 1.165) is 25.7 Å². The largest absolute Gasteiger partial charge is 0.462 e. The number of allylic oxidation sites excluding steroid dienone is 2. The first-order valence-corrected chi connectivity index (χ1v) is 18.6. The zero-order chi connectivity index (χ0) is 29.2. The highest BCUT2D eigenvalue weighted by Crippen LogP contribution is 2.19. The Morgan fingerprint density at radius 2 is 0.775 bits per heavy atom. The zero-order valence-electron chi connectivity index (χ0n) is 28.0. The summed E-state index contributed by atoms with van der Waals surface area (Å²) in [5.74, 6) is 0.0598. The van der Waals surface area contributed by atoms with Gasteiger partial charge in [0, 0.05) is 6.42 Å². The second-order valence-electron chi connectivity index (χ2n) is 12.6. The third kappa shape index (κ3) is 31.7. The number of unbranched alkanes of at least 4 members (excludes halogenated alkanes) is 24. The summed E-state index contributed by atoms with van der Waals surface area (Å²) >= 11 is 0. The standard InChI is InChI=1S/C38H74O2/c1-4-7-10-13-16-18-19-20-21-22-23-25-27-30-33-36-38(39)40-37(34-31-28-15-12-9-6-3)35-32-29-26-24-17-14-11-8-5-2/h20-21,37H,4-19,22-36H2,1-3H3/b21-20-. The first-order chi connectivity index (χ1) is 19.7. The Bertz CT molecular complexity index is 512. The number of ether oxygens (including phenoxy) is 1. The van der Waals surface area contributed by atoms with E-state index in [-0.39, 0.29) is 12.1 Å². The predicted octanol–water partition coefficient (Wildman–Crippen LogP) is 13.6. The Morgan fingerprint density at radius 3 is 1.18 bits per heavy atom. The van der Waals surface area contributed by atoms with Crippen LogP contribution in [0, 0.1) is 0 Å². The van der Waals surface area contributed by atoms with Gasteiger partial charge in [0.25, 0.3) is 0 Å². The van der Waals surface area contributed by atoms with Crippen LogP contribution in [0.3, 0.4) is 0 Å². The Morgan fingerprint density at radius 1 is 0.450 bits per heavy atom. The van der Waals surface area contributed by atoms with Gasteiger partial charge in [-0.05, 0) is 57.8 Å². The van der Waals surface area contributed by atoms with Crippen molar-refractivity contribution in [2.45, 2.75) is 226 Å². The van der Waals surface area contributed by atoms with Crippen LogP contribution in [-0.4, -0.2) is 12.1 Å². The molecule has 238 valence electrons. The smallest absolute Gasteiger partial charge is 0.306 e. The maximum absolute atomic E-state index is 12.6. The van der Waals surface area contributed by atoms with E-state index < -0.39 is 0 Å². The number of carbonyl (C=O) groups is 1. The fourth-order valence-electron chi connectivity index (χ4n) is 5.68. The van der Waals surface area contributed by atoms with E-state index in [1.165, 1.54) is 167 Å². The monoisotopic (exact) mass is 563 g/mol. The molecule has 1 unspecified atom stereocenters. The Balaban J connectivity index is 3.91. The maximum Gasteiger partial charge on any atom is 0.306 e. The van der Waals surface area contributed by atoms with Gasteiger partial charge in [-0.2, -0.15) is 0 Å². The first kappa shape index (κ1) is 39.2. The van der Waals surface area contributed by atoms with Crippen LogP contribution in [0.1, 0.15) is 220 Å². The molecule has 0 aliphatic heterocycles. The summed E-state index contributed by atoms with van der Waals surface area (Å²) in [6, 6.07) is 0. The van der Waals surface area contributed by atoms with Crippen LogP contribution in [0.25, 0.3) is 0 Å². The molecular weight excluding hydrogens is 488 g/mol. The second-order valence-corrected chi connectivity index (χ2v) is 12.6. The molecule has 0 aliphatic carbocycles. The molecule has 1 atom stereocenters. The molecule has 0 bridgehead atoms. The molecule has 40 heavy (non-hydrogen) atoms. The quantitative estimate of drug-likeness (QED) is 0.0451. The van der Waals surface area contributed by atoms with Gasteiger partial charge in [0.05, 0.1) is 0 Å². The van der Waals surface area contributed by atoms with Crippen molar-refractivity contribution in [1.29, 1.82) is 0 Å². The average molecular weight is 563 g/mol. The fraction of sp³-hybridized carbons (Fsp3) is 0.921. The van der Waals surface area contributed by atoms with Gasteiger partial charge in [-0.15, -0.1) is 0 Å². The normalized spacial score (nSPS) is 12.4. The van der Waals surface area contributed by atoms with Gasteiger partial charge in [-0.3, -0.25) is 4.79 Å². The highest BCUT2D eigenvalue weighted by molar-refractivity contribution is 5.69. The Labute approximate surface area is 253 Å². The molecule has 0 radical (unpaired) electrons. The fourth-order valence-corrected chi connectivity index (χ4v) is 5.68. The van der Waals surface area contributed by atoms with Crippen molar-refractivity contribution in [3.63, 3.8) is 0 Å². The molecule has 0 amide bonds. The predicted molar refractivity (Wildman–Crippen MR) is 179 cm³/mol. The van der Waals surface area contributed by atoms with Crippen LogP contribution >= 0.6 is 0 Å². The van der Waals surface area contributed by atoms with E-state index in [1.807, 2.05) is 0 Å². The maximum atomic E-state index is 12.6. The van der Waals surface area contributed by atoms with Crippen LogP contribution in [-0.2, 0) is 9.53 Å². The lowest BCUT2D eigenvalue weighted by atomic mass is 10.0. The molecule has 2 nitrogen and oxygen atoms in total. The molecule has 0 N–H and O–H groups in total. The summed E-state index contributed by atoms with van der Waals surface area (Å²) in [6.07, 6.45) is 44.5. The van der Waals surface area contributed by atoms with E-state index in [2.05, 4.69) is 32.9 Å². The van der Waals surface area contributed by atoms with Crippen LogP contribution in [0.15, 0.2) is 12.2 Å².